The van der Waals surface area contributed by atoms with Gasteiger partial charge in [0, 0.05) is 49.9 Å². The number of aryl methyl sites for hydroxylation is 2. The van der Waals surface area contributed by atoms with Crippen molar-refractivity contribution in [1.29, 1.82) is 0 Å². The van der Waals surface area contributed by atoms with Crippen LogP contribution in [0.5, 0.6) is 11.8 Å². The zero-order chi connectivity index (χ0) is 23.8. The van der Waals surface area contributed by atoms with E-state index in [1.165, 1.54) is 25.2 Å². The average Bonchev–Trinajstić information content (AvgIpc) is 3.17. The second-order valence-corrected chi connectivity index (χ2v) is 8.96. The number of fused-ring (bicyclic) bond motifs is 1. The van der Waals surface area contributed by atoms with Gasteiger partial charge in [-0.05, 0) is 36.2 Å². The van der Waals surface area contributed by atoms with Crippen LogP contribution in [0.1, 0.15) is 16.7 Å². The van der Waals surface area contributed by atoms with Crippen molar-refractivity contribution in [2.75, 3.05) is 11.8 Å². The Morgan fingerprint density at radius 1 is 1.24 bits per heavy atom. The molecule has 2 aromatic carbocycles. The number of rotatable bonds is 7. The molecule has 2 N–H and O–H groups in total. The molecule has 4 rings (SSSR count). The number of hydrogen-bond donors (Lipinski definition) is 2. The number of hydrogen-bond acceptors (Lipinski definition) is 6. The van der Waals surface area contributed by atoms with E-state index in [2.05, 4.69) is 14.4 Å². The van der Waals surface area contributed by atoms with Crippen molar-refractivity contribution in [3.05, 3.63) is 81.7 Å². The van der Waals surface area contributed by atoms with E-state index >= 15 is 0 Å². The van der Waals surface area contributed by atoms with Crippen LogP contribution in [0.25, 0.3) is 11.0 Å². The van der Waals surface area contributed by atoms with Crippen LogP contribution in [0.15, 0.2) is 58.0 Å². The van der Waals surface area contributed by atoms with Gasteiger partial charge in [0.15, 0.2) is 5.82 Å². The van der Waals surface area contributed by atoms with Gasteiger partial charge in [0.05, 0.1) is 5.69 Å². The van der Waals surface area contributed by atoms with Gasteiger partial charge in [0.2, 0.25) is 0 Å². The van der Waals surface area contributed by atoms with Crippen LogP contribution < -0.4 is 19.8 Å². The van der Waals surface area contributed by atoms with Crippen molar-refractivity contribution in [1.82, 2.24) is 14.3 Å². The molecule has 2 aromatic heterocycles. The minimum absolute atomic E-state index is 0.0728. The van der Waals surface area contributed by atoms with E-state index < -0.39 is 21.7 Å². The summed E-state index contributed by atoms with van der Waals surface area (Å²) in [4.78, 5) is 16.8. The number of imidazole rings is 1. The fraction of sp³-hybridized carbons (Fsp3) is 0.182. The minimum atomic E-state index is -3.89. The smallest absolute Gasteiger partial charge is 0.340 e. The minimum Gasteiger partial charge on any atom is -0.425 e. The van der Waals surface area contributed by atoms with Crippen molar-refractivity contribution < 1.29 is 22.0 Å². The third kappa shape index (κ3) is 4.59. The van der Waals surface area contributed by atoms with Crippen LogP contribution in [0, 0.1) is 12.7 Å². The lowest BCUT2D eigenvalue weighted by atomic mass is 9.99. The number of ether oxygens (including phenoxy) is 1. The third-order valence-electron chi connectivity index (χ3n) is 5.20. The van der Waals surface area contributed by atoms with Crippen LogP contribution in [0.3, 0.4) is 0 Å². The summed E-state index contributed by atoms with van der Waals surface area (Å²) in [5.74, 6) is -0.322. The molecule has 4 aromatic rings. The molecule has 0 unspecified atom stereocenters. The highest BCUT2D eigenvalue weighted by molar-refractivity contribution is 7.90. The van der Waals surface area contributed by atoms with Crippen molar-refractivity contribution in [3.8, 4) is 11.8 Å². The summed E-state index contributed by atoms with van der Waals surface area (Å²) in [6, 6.07) is 9.74. The number of nitrogens with zero attached hydrogens (tertiary/aromatic N) is 2. The molecule has 2 heterocycles. The van der Waals surface area contributed by atoms with Gasteiger partial charge in [-0.1, -0.05) is 12.1 Å². The maximum Gasteiger partial charge on any atom is 0.340 e. The van der Waals surface area contributed by atoms with Crippen molar-refractivity contribution >= 4 is 26.9 Å². The van der Waals surface area contributed by atoms with Gasteiger partial charge in [0.25, 0.3) is 10.2 Å². The Kier molecular flexibility index (Phi) is 5.91. The molecule has 0 fully saturated rings. The van der Waals surface area contributed by atoms with E-state index in [0.717, 1.165) is 0 Å². The summed E-state index contributed by atoms with van der Waals surface area (Å²) in [6.07, 6.45) is 3.27. The molecule has 0 aliphatic carbocycles. The number of aromatic nitrogens is 2. The molecule has 0 radical (unpaired) electrons. The second kappa shape index (κ2) is 8.68. The van der Waals surface area contributed by atoms with Crippen LogP contribution in [-0.2, 0) is 23.7 Å². The fourth-order valence-corrected chi connectivity index (χ4v) is 3.93. The van der Waals surface area contributed by atoms with E-state index in [1.807, 2.05) is 0 Å². The summed E-state index contributed by atoms with van der Waals surface area (Å²) < 4.78 is 55.5. The zero-order valence-corrected chi connectivity index (χ0v) is 18.9. The predicted molar refractivity (Wildman–Crippen MR) is 121 cm³/mol. The molecule has 172 valence electrons. The molecule has 0 saturated carbocycles. The SMILES string of the molecule is CNS(=O)(=O)Nc1cccc(Cc2c(C)c3ccc(Oc4nccn4C)cc3oc2=O)c1F. The second-order valence-electron chi connectivity index (χ2n) is 7.34. The first-order valence-electron chi connectivity index (χ1n) is 9.88. The maximum atomic E-state index is 15.0. The predicted octanol–water partition coefficient (Wildman–Crippen LogP) is 3.23. The summed E-state index contributed by atoms with van der Waals surface area (Å²) in [6.45, 7) is 1.75. The number of halogens is 1. The number of nitrogens with one attached hydrogen (secondary N) is 2. The largest absolute Gasteiger partial charge is 0.425 e. The van der Waals surface area contributed by atoms with E-state index in [9.17, 15) is 17.6 Å². The molecule has 33 heavy (non-hydrogen) atoms. The molecule has 0 atom stereocenters. The molecule has 0 bridgehead atoms. The van der Waals surface area contributed by atoms with Crippen LogP contribution >= 0.6 is 0 Å². The first-order chi connectivity index (χ1) is 15.7. The average molecular weight is 472 g/mol. The Hall–Kier alpha value is -3.70. The summed E-state index contributed by atoms with van der Waals surface area (Å²) >= 11 is 0. The Morgan fingerprint density at radius 3 is 2.73 bits per heavy atom. The lowest BCUT2D eigenvalue weighted by Crippen LogP contribution is -2.27. The Morgan fingerprint density at radius 2 is 2.03 bits per heavy atom. The highest BCUT2D eigenvalue weighted by Crippen LogP contribution is 2.28. The molecule has 0 aliphatic rings. The van der Waals surface area contributed by atoms with Gasteiger partial charge in [0.1, 0.15) is 11.3 Å². The lowest BCUT2D eigenvalue weighted by molar-refractivity contribution is 0.424. The Bertz CT molecular complexity index is 1510. The third-order valence-corrected chi connectivity index (χ3v) is 6.23. The van der Waals surface area contributed by atoms with E-state index in [1.54, 1.807) is 49.1 Å². The normalized spacial score (nSPS) is 11.6. The van der Waals surface area contributed by atoms with Crippen molar-refractivity contribution in [3.63, 3.8) is 0 Å². The lowest BCUT2D eigenvalue weighted by Gasteiger charge is -2.12. The van der Waals surface area contributed by atoms with Gasteiger partial charge in [-0.3, -0.25) is 4.72 Å². The van der Waals surface area contributed by atoms with Gasteiger partial charge in [-0.25, -0.2) is 18.9 Å². The zero-order valence-electron chi connectivity index (χ0n) is 18.0. The highest BCUT2D eigenvalue weighted by atomic mass is 32.2. The molecule has 9 nitrogen and oxygen atoms in total. The summed E-state index contributed by atoms with van der Waals surface area (Å²) in [5, 5.41) is 0.671. The Labute approximate surface area is 189 Å². The highest BCUT2D eigenvalue weighted by Gasteiger charge is 2.18. The quantitative estimate of drug-likeness (QED) is 0.399. The standard InChI is InChI=1S/C22H21FN4O5S/c1-13-16-8-7-15(31-22-25-9-10-27(22)3)12-19(16)32-21(28)17(13)11-14-5-4-6-18(20(14)23)26-33(29,30)24-2/h4-10,12,24,26H,11H2,1-3H3. The van der Waals surface area contributed by atoms with Crippen molar-refractivity contribution in [2.45, 2.75) is 13.3 Å². The van der Waals surface area contributed by atoms with Gasteiger partial charge < -0.3 is 13.7 Å². The first-order valence-corrected chi connectivity index (χ1v) is 11.4. The molecule has 0 amide bonds. The monoisotopic (exact) mass is 472 g/mol. The Balaban J connectivity index is 1.69. The van der Waals surface area contributed by atoms with Gasteiger partial charge >= 0.3 is 11.6 Å². The summed E-state index contributed by atoms with van der Waals surface area (Å²) in [7, 11) is -0.895. The van der Waals surface area contributed by atoms with Crippen LogP contribution in [-0.4, -0.2) is 25.0 Å². The topological polar surface area (TPSA) is 115 Å². The van der Waals surface area contributed by atoms with E-state index in [-0.39, 0.29) is 23.2 Å². The van der Waals surface area contributed by atoms with Crippen LogP contribution in [0.2, 0.25) is 0 Å². The maximum absolute atomic E-state index is 15.0. The number of benzene rings is 2. The van der Waals surface area contributed by atoms with E-state index in [4.69, 9.17) is 9.15 Å². The molecule has 0 aliphatic heterocycles. The van der Waals surface area contributed by atoms with Gasteiger partial charge in [-0.15, -0.1) is 0 Å². The molecular weight excluding hydrogens is 451 g/mol. The van der Waals surface area contributed by atoms with E-state index in [0.29, 0.717) is 28.3 Å². The summed E-state index contributed by atoms with van der Waals surface area (Å²) in [5.41, 5.74) is 0.536. The fourth-order valence-electron chi connectivity index (χ4n) is 3.38. The van der Waals surface area contributed by atoms with Gasteiger partial charge in [-0.2, -0.15) is 8.42 Å². The molecule has 11 heteroatoms. The van der Waals surface area contributed by atoms with Crippen molar-refractivity contribution in [2.24, 2.45) is 7.05 Å². The molecule has 0 spiro atoms. The molecular formula is C22H21FN4O5S. The number of anilines is 1. The van der Waals surface area contributed by atoms with Crippen LogP contribution in [0.4, 0.5) is 10.1 Å². The first kappa shape index (κ1) is 22.5. The molecule has 0 saturated heterocycles.